The fourth-order valence-electron chi connectivity index (χ4n) is 1.71. The van der Waals surface area contributed by atoms with Crippen LogP contribution in [0.1, 0.15) is 26.7 Å². The van der Waals surface area contributed by atoms with Crippen LogP contribution in [-0.4, -0.2) is 62.0 Å². The van der Waals surface area contributed by atoms with Gasteiger partial charge in [-0.05, 0) is 13.8 Å². The number of esters is 1. The Morgan fingerprint density at radius 1 is 1.35 bits per heavy atom. The van der Waals surface area contributed by atoms with Crippen molar-refractivity contribution >= 4 is 16.1 Å². The highest BCUT2D eigenvalue weighted by Crippen LogP contribution is 2.14. The summed E-state index contributed by atoms with van der Waals surface area (Å²) < 4.78 is 36.0. The van der Waals surface area contributed by atoms with Gasteiger partial charge < -0.3 is 9.22 Å². The van der Waals surface area contributed by atoms with Gasteiger partial charge in [-0.15, -0.1) is 0 Å². The first-order valence-electron chi connectivity index (χ1n) is 6.59. The smallest absolute Gasteiger partial charge is 0.330 e. The van der Waals surface area contributed by atoms with Crippen molar-refractivity contribution in [2.45, 2.75) is 38.8 Å². The average molecular weight is 308 g/mol. The van der Waals surface area contributed by atoms with Crippen LogP contribution in [0.2, 0.25) is 0 Å². The van der Waals surface area contributed by atoms with Crippen LogP contribution in [0.5, 0.6) is 0 Å². The van der Waals surface area contributed by atoms with E-state index in [0.717, 1.165) is 12.6 Å². The Hall–Kier alpha value is -0.920. The third kappa shape index (κ3) is 8.29. The van der Waals surface area contributed by atoms with Crippen molar-refractivity contribution in [1.29, 1.82) is 0 Å². The van der Waals surface area contributed by atoms with Gasteiger partial charge in [-0.2, -0.15) is 8.42 Å². The second kappa shape index (κ2) is 7.75. The van der Waals surface area contributed by atoms with Gasteiger partial charge in [0.25, 0.3) is 10.1 Å². The predicted molar refractivity (Wildman–Crippen MR) is 77.8 cm³/mol. The minimum absolute atomic E-state index is 0.0687. The zero-order valence-electron chi connectivity index (χ0n) is 12.7. The quantitative estimate of drug-likeness (QED) is 0.300. The van der Waals surface area contributed by atoms with Gasteiger partial charge in [0, 0.05) is 18.9 Å². The molecule has 0 radical (unpaired) electrons. The van der Waals surface area contributed by atoms with Gasteiger partial charge in [0.2, 0.25) is 0 Å². The molecule has 7 heteroatoms. The number of ether oxygens (including phenoxy) is 1. The van der Waals surface area contributed by atoms with Gasteiger partial charge in [-0.25, -0.2) is 4.79 Å². The normalized spacial score (nSPS) is 15.4. The van der Waals surface area contributed by atoms with E-state index < -0.39 is 16.1 Å². The molecular formula is C13H26NO5S+. The second-order valence-corrected chi connectivity index (χ2v) is 7.24. The van der Waals surface area contributed by atoms with Gasteiger partial charge in [-0.3, -0.25) is 4.55 Å². The largest absolute Gasteiger partial charge is 0.459 e. The molecule has 0 saturated carbocycles. The number of hydrogen-bond donors (Lipinski definition) is 1. The number of nitrogens with zero attached hydrogens (tertiary/aromatic N) is 1. The van der Waals surface area contributed by atoms with Gasteiger partial charge in [0.05, 0.1) is 32.4 Å². The van der Waals surface area contributed by atoms with E-state index in [4.69, 9.17) is 9.29 Å². The summed E-state index contributed by atoms with van der Waals surface area (Å²) >= 11 is 0. The lowest BCUT2D eigenvalue weighted by molar-refractivity contribution is -0.913. The highest BCUT2D eigenvalue weighted by Gasteiger charge is 2.26. The van der Waals surface area contributed by atoms with Crippen molar-refractivity contribution in [3.8, 4) is 0 Å². The van der Waals surface area contributed by atoms with Crippen molar-refractivity contribution in [2.75, 3.05) is 26.4 Å². The molecule has 0 fully saturated rings. The van der Waals surface area contributed by atoms with E-state index >= 15 is 0 Å². The summed E-state index contributed by atoms with van der Waals surface area (Å²) in [4.78, 5) is 11.1. The van der Waals surface area contributed by atoms with E-state index in [1.54, 1.807) is 0 Å². The molecule has 0 aliphatic rings. The first-order chi connectivity index (χ1) is 8.98. The first kappa shape index (κ1) is 19.1. The van der Waals surface area contributed by atoms with E-state index in [1.807, 2.05) is 27.9 Å². The van der Waals surface area contributed by atoms with Crippen molar-refractivity contribution in [2.24, 2.45) is 0 Å². The fourth-order valence-corrected chi connectivity index (χ4v) is 2.35. The Balaban J connectivity index is 4.29. The van der Waals surface area contributed by atoms with Crippen molar-refractivity contribution in [1.82, 2.24) is 0 Å². The maximum atomic E-state index is 11.1. The lowest BCUT2D eigenvalue weighted by atomic mass is 10.1. The molecule has 0 aromatic carbocycles. The summed E-state index contributed by atoms with van der Waals surface area (Å²) in [6, 6.07) is 0.0687. The first-order valence-corrected chi connectivity index (χ1v) is 8.19. The van der Waals surface area contributed by atoms with Gasteiger partial charge in [0.1, 0.15) is 6.10 Å². The van der Waals surface area contributed by atoms with Gasteiger partial charge in [-0.1, -0.05) is 6.58 Å². The van der Waals surface area contributed by atoms with Crippen LogP contribution in [0.4, 0.5) is 0 Å². The van der Waals surface area contributed by atoms with E-state index in [1.165, 1.54) is 0 Å². The van der Waals surface area contributed by atoms with Crippen LogP contribution in [0, 0.1) is 0 Å². The van der Waals surface area contributed by atoms with Crippen LogP contribution in [0.15, 0.2) is 12.7 Å². The summed E-state index contributed by atoms with van der Waals surface area (Å²) in [7, 11) is 0.0452. The van der Waals surface area contributed by atoms with E-state index in [0.29, 0.717) is 17.3 Å². The Labute approximate surface area is 121 Å². The number of carbonyl (C=O) groups excluding carboxylic acids is 1. The van der Waals surface area contributed by atoms with Crippen LogP contribution in [-0.2, 0) is 19.6 Å². The summed E-state index contributed by atoms with van der Waals surface area (Å²) in [6.07, 6.45) is 1.97. The Morgan fingerprint density at radius 2 is 1.90 bits per heavy atom. The van der Waals surface area contributed by atoms with E-state index in [9.17, 15) is 13.2 Å². The number of quaternary nitrogens is 1. The van der Waals surface area contributed by atoms with Gasteiger partial charge >= 0.3 is 5.97 Å². The fraction of sp³-hybridized carbons (Fsp3) is 0.769. The van der Waals surface area contributed by atoms with Crippen LogP contribution < -0.4 is 0 Å². The maximum Gasteiger partial charge on any atom is 0.330 e. The van der Waals surface area contributed by atoms with Crippen LogP contribution in [0.25, 0.3) is 0 Å². The molecule has 0 amide bonds. The highest BCUT2D eigenvalue weighted by atomic mass is 32.2. The van der Waals surface area contributed by atoms with Gasteiger partial charge in [0.15, 0.2) is 0 Å². The summed E-state index contributed by atoms with van der Waals surface area (Å²) in [6.45, 7) is 7.82. The van der Waals surface area contributed by atoms with E-state index in [2.05, 4.69) is 6.58 Å². The summed E-state index contributed by atoms with van der Waals surface area (Å²) in [5, 5.41) is 0. The standard InChI is InChI=1S/C13H25NO5S/c1-6-13(15)19-12(3)7-9-14(4,5)11(2)8-10-20(16,17)18/h6,11-12H,1,7-10H2,2-5H3/p+1. The molecule has 0 aromatic heterocycles. The minimum Gasteiger partial charge on any atom is -0.459 e. The molecule has 2 atom stereocenters. The molecule has 118 valence electrons. The third-order valence-corrected chi connectivity index (χ3v) is 4.33. The molecule has 0 aliphatic carbocycles. The average Bonchev–Trinajstić information content (AvgIpc) is 2.32. The zero-order valence-corrected chi connectivity index (χ0v) is 13.5. The summed E-state index contributed by atoms with van der Waals surface area (Å²) in [5.74, 6) is -0.682. The Kier molecular flexibility index (Phi) is 7.40. The van der Waals surface area contributed by atoms with Crippen molar-refractivity contribution in [3.05, 3.63) is 12.7 Å². The van der Waals surface area contributed by atoms with Crippen LogP contribution in [0.3, 0.4) is 0 Å². The SMILES string of the molecule is C=CC(=O)OC(C)CC[N+](C)(C)C(C)CCS(=O)(=O)O. The highest BCUT2D eigenvalue weighted by molar-refractivity contribution is 7.85. The molecule has 6 nitrogen and oxygen atoms in total. The lowest BCUT2D eigenvalue weighted by Gasteiger charge is -2.36. The molecule has 20 heavy (non-hydrogen) atoms. The lowest BCUT2D eigenvalue weighted by Crippen LogP contribution is -2.49. The molecule has 0 heterocycles. The van der Waals surface area contributed by atoms with Crippen molar-refractivity contribution < 1.29 is 27.0 Å². The molecule has 0 bridgehead atoms. The Morgan fingerprint density at radius 3 is 2.35 bits per heavy atom. The molecule has 1 N–H and O–H groups in total. The topological polar surface area (TPSA) is 80.7 Å². The Bertz CT molecular complexity index is 430. The second-order valence-electron chi connectivity index (χ2n) is 5.67. The molecule has 2 unspecified atom stereocenters. The molecule has 0 aliphatic heterocycles. The summed E-state index contributed by atoms with van der Waals surface area (Å²) in [5.41, 5.74) is 0. The molecule has 0 rings (SSSR count). The number of carbonyl (C=O) groups is 1. The number of rotatable bonds is 9. The monoisotopic (exact) mass is 308 g/mol. The van der Waals surface area contributed by atoms with Crippen LogP contribution >= 0.6 is 0 Å². The molecule has 0 saturated heterocycles. The molecule has 0 aromatic rings. The van der Waals surface area contributed by atoms with Crippen molar-refractivity contribution in [3.63, 3.8) is 0 Å². The predicted octanol–water partition coefficient (Wildman–Crippen LogP) is 1.24. The van der Waals surface area contributed by atoms with E-state index in [-0.39, 0.29) is 17.9 Å². The third-order valence-electron chi connectivity index (χ3n) is 3.58. The molecular weight excluding hydrogens is 282 g/mol. The zero-order chi connectivity index (χ0) is 16.0. The minimum atomic E-state index is -3.92. The number of hydrogen-bond acceptors (Lipinski definition) is 4. The molecule has 0 spiro atoms. The maximum absolute atomic E-state index is 11.1.